The molecule has 17 heavy (non-hydrogen) atoms. The SMILES string of the molecule is CC(=O)Cc1cc(C(C)(C)C)nn1CC1CC1. The van der Waals surface area contributed by atoms with Crippen LogP contribution in [0.4, 0.5) is 0 Å². The summed E-state index contributed by atoms with van der Waals surface area (Å²) in [6, 6.07) is 2.10. The summed E-state index contributed by atoms with van der Waals surface area (Å²) in [4.78, 5) is 11.3. The molecule has 2 rings (SSSR count). The summed E-state index contributed by atoms with van der Waals surface area (Å²) in [5.41, 5.74) is 2.23. The van der Waals surface area contributed by atoms with Crippen LogP contribution in [0.3, 0.4) is 0 Å². The summed E-state index contributed by atoms with van der Waals surface area (Å²) < 4.78 is 2.06. The molecule has 0 radical (unpaired) electrons. The molecule has 0 bridgehead atoms. The van der Waals surface area contributed by atoms with E-state index >= 15 is 0 Å². The predicted molar refractivity (Wildman–Crippen MR) is 68.0 cm³/mol. The fourth-order valence-corrected chi connectivity index (χ4v) is 1.92. The van der Waals surface area contributed by atoms with Crippen LogP contribution in [0.1, 0.15) is 51.9 Å². The molecule has 0 atom stereocenters. The summed E-state index contributed by atoms with van der Waals surface area (Å²) in [5.74, 6) is 0.996. The zero-order valence-corrected chi connectivity index (χ0v) is 11.3. The van der Waals surface area contributed by atoms with E-state index in [0.29, 0.717) is 6.42 Å². The monoisotopic (exact) mass is 234 g/mol. The van der Waals surface area contributed by atoms with Gasteiger partial charge in [0.2, 0.25) is 0 Å². The number of hydrogen-bond donors (Lipinski definition) is 0. The van der Waals surface area contributed by atoms with E-state index < -0.39 is 0 Å². The number of ketones is 1. The lowest BCUT2D eigenvalue weighted by atomic mass is 9.92. The van der Waals surface area contributed by atoms with E-state index in [2.05, 4.69) is 36.6 Å². The highest BCUT2D eigenvalue weighted by Gasteiger charge is 2.25. The Bertz CT molecular complexity index is 422. The molecule has 1 aromatic rings. The summed E-state index contributed by atoms with van der Waals surface area (Å²) >= 11 is 0. The van der Waals surface area contributed by atoms with Crippen molar-refractivity contribution in [2.75, 3.05) is 0 Å². The Kier molecular flexibility index (Phi) is 3.11. The molecule has 0 unspecified atom stereocenters. The minimum atomic E-state index is 0.0559. The first kappa shape index (κ1) is 12.3. The molecule has 0 aliphatic heterocycles. The molecule has 0 amide bonds. The number of carbonyl (C=O) groups excluding carboxylic acids is 1. The third kappa shape index (κ3) is 3.18. The maximum atomic E-state index is 11.3. The molecule has 1 fully saturated rings. The Hall–Kier alpha value is -1.12. The van der Waals surface area contributed by atoms with Crippen LogP contribution < -0.4 is 0 Å². The summed E-state index contributed by atoms with van der Waals surface area (Å²) in [6.07, 6.45) is 3.13. The molecule has 3 heteroatoms. The lowest BCUT2D eigenvalue weighted by Gasteiger charge is -2.14. The van der Waals surface area contributed by atoms with Crippen LogP contribution in [0.5, 0.6) is 0 Å². The van der Waals surface area contributed by atoms with Gasteiger partial charge in [-0.05, 0) is 31.7 Å². The highest BCUT2D eigenvalue weighted by molar-refractivity contribution is 5.77. The van der Waals surface area contributed by atoms with Gasteiger partial charge in [0, 0.05) is 24.1 Å². The van der Waals surface area contributed by atoms with Crippen molar-refractivity contribution in [3.63, 3.8) is 0 Å². The molecule has 1 heterocycles. The van der Waals surface area contributed by atoms with Gasteiger partial charge < -0.3 is 0 Å². The second-order valence-electron chi connectivity index (χ2n) is 6.28. The van der Waals surface area contributed by atoms with Gasteiger partial charge in [-0.3, -0.25) is 9.48 Å². The average molecular weight is 234 g/mol. The molecule has 1 aliphatic carbocycles. The van der Waals surface area contributed by atoms with Crippen molar-refractivity contribution >= 4 is 5.78 Å². The van der Waals surface area contributed by atoms with Crippen molar-refractivity contribution < 1.29 is 4.79 Å². The van der Waals surface area contributed by atoms with E-state index in [9.17, 15) is 4.79 Å². The topological polar surface area (TPSA) is 34.9 Å². The standard InChI is InChI=1S/C14H22N2O/c1-10(17)7-12-8-13(14(2,3)4)15-16(12)9-11-5-6-11/h8,11H,5-7,9H2,1-4H3. The Morgan fingerprint density at radius 2 is 2.12 bits per heavy atom. The number of Topliss-reactive ketones (excluding diaryl/α,β-unsaturated/α-hetero) is 1. The third-order valence-electron chi connectivity index (χ3n) is 3.19. The molecule has 94 valence electrons. The van der Waals surface area contributed by atoms with Gasteiger partial charge in [-0.25, -0.2) is 0 Å². The first-order chi connectivity index (χ1) is 7.86. The van der Waals surface area contributed by atoms with Crippen molar-refractivity contribution in [1.29, 1.82) is 0 Å². The second-order valence-corrected chi connectivity index (χ2v) is 6.28. The van der Waals surface area contributed by atoms with E-state index in [1.165, 1.54) is 12.8 Å². The number of hydrogen-bond acceptors (Lipinski definition) is 2. The Balaban J connectivity index is 2.25. The molecule has 1 aliphatic rings. The summed E-state index contributed by atoms with van der Waals surface area (Å²) in [5, 5.41) is 4.68. The van der Waals surface area contributed by atoms with Crippen LogP contribution in [-0.2, 0) is 23.2 Å². The van der Waals surface area contributed by atoms with Gasteiger partial charge >= 0.3 is 0 Å². The van der Waals surface area contributed by atoms with Gasteiger partial charge in [0.1, 0.15) is 5.78 Å². The fraction of sp³-hybridized carbons (Fsp3) is 0.714. The zero-order valence-electron chi connectivity index (χ0n) is 11.3. The van der Waals surface area contributed by atoms with Crippen molar-refractivity contribution in [2.24, 2.45) is 5.92 Å². The minimum absolute atomic E-state index is 0.0559. The first-order valence-corrected chi connectivity index (χ1v) is 6.43. The molecule has 1 aromatic heterocycles. The van der Waals surface area contributed by atoms with Crippen molar-refractivity contribution in [2.45, 2.75) is 58.9 Å². The van der Waals surface area contributed by atoms with E-state index in [1.54, 1.807) is 6.92 Å². The normalized spacial score (nSPS) is 16.2. The van der Waals surface area contributed by atoms with Crippen molar-refractivity contribution in [3.8, 4) is 0 Å². The van der Waals surface area contributed by atoms with Gasteiger partial charge in [-0.2, -0.15) is 5.10 Å². The van der Waals surface area contributed by atoms with E-state index in [4.69, 9.17) is 0 Å². The summed E-state index contributed by atoms with van der Waals surface area (Å²) in [6.45, 7) is 9.11. The van der Waals surface area contributed by atoms with Crippen LogP contribution in [-0.4, -0.2) is 15.6 Å². The number of nitrogens with zero attached hydrogens (tertiary/aromatic N) is 2. The Labute approximate surface area is 103 Å². The zero-order chi connectivity index (χ0) is 12.6. The Morgan fingerprint density at radius 1 is 1.47 bits per heavy atom. The van der Waals surface area contributed by atoms with Gasteiger partial charge in [-0.15, -0.1) is 0 Å². The van der Waals surface area contributed by atoms with E-state index in [0.717, 1.165) is 23.9 Å². The molecule has 0 saturated heterocycles. The van der Waals surface area contributed by atoms with Crippen LogP contribution in [0.2, 0.25) is 0 Å². The molecule has 3 nitrogen and oxygen atoms in total. The van der Waals surface area contributed by atoms with E-state index in [-0.39, 0.29) is 11.2 Å². The van der Waals surface area contributed by atoms with Gasteiger partial charge in [-0.1, -0.05) is 20.8 Å². The molecular weight excluding hydrogens is 212 g/mol. The number of rotatable bonds is 4. The largest absolute Gasteiger partial charge is 0.300 e. The van der Waals surface area contributed by atoms with E-state index in [1.807, 2.05) is 0 Å². The highest BCUT2D eigenvalue weighted by Crippen LogP contribution is 2.31. The minimum Gasteiger partial charge on any atom is -0.300 e. The average Bonchev–Trinajstić information content (AvgIpc) is 2.87. The molecule has 0 aromatic carbocycles. The predicted octanol–water partition coefficient (Wildman–Crippen LogP) is 2.72. The molecule has 1 saturated carbocycles. The van der Waals surface area contributed by atoms with Crippen LogP contribution >= 0.6 is 0 Å². The second kappa shape index (κ2) is 4.28. The van der Waals surface area contributed by atoms with Crippen molar-refractivity contribution in [1.82, 2.24) is 9.78 Å². The lowest BCUT2D eigenvalue weighted by Crippen LogP contribution is -2.13. The van der Waals surface area contributed by atoms with Crippen LogP contribution in [0, 0.1) is 5.92 Å². The highest BCUT2D eigenvalue weighted by atomic mass is 16.1. The lowest BCUT2D eigenvalue weighted by molar-refractivity contribution is -0.116. The third-order valence-corrected chi connectivity index (χ3v) is 3.19. The maximum Gasteiger partial charge on any atom is 0.135 e. The van der Waals surface area contributed by atoms with Gasteiger partial charge in [0.25, 0.3) is 0 Å². The molecular formula is C14H22N2O. The quantitative estimate of drug-likeness (QED) is 0.803. The number of aromatic nitrogens is 2. The summed E-state index contributed by atoms with van der Waals surface area (Å²) in [7, 11) is 0. The molecule has 0 N–H and O–H groups in total. The van der Waals surface area contributed by atoms with Crippen LogP contribution in [0.15, 0.2) is 6.07 Å². The van der Waals surface area contributed by atoms with Crippen LogP contribution in [0.25, 0.3) is 0 Å². The Morgan fingerprint density at radius 3 is 2.59 bits per heavy atom. The molecule has 0 spiro atoms. The van der Waals surface area contributed by atoms with Gasteiger partial charge in [0.05, 0.1) is 5.69 Å². The maximum absolute atomic E-state index is 11.3. The van der Waals surface area contributed by atoms with Gasteiger partial charge in [0.15, 0.2) is 0 Å². The first-order valence-electron chi connectivity index (χ1n) is 6.43. The number of carbonyl (C=O) groups is 1. The smallest absolute Gasteiger partial charge is 0.135 e. The van der Waals surface area contributed by atoms with Crippen molar-refractivity contribution in [3.05, 3.63) is 17.5 Å². The fourth-order valence-electron chi connectivity index (χ4n) is 1.92.